The van der Waals surface area contributed by atoms with Crippen molar-refractivity contribution in [3.8, 4) is 0 Å². The van der Waals surface area contributed by atoms with E-state index in [0.717, 1.165) is 12.8 Å². The lowest BCUT2D eigenvalue weighted by Gasteiger charge is -2.69. The summed E-state index contributed by atoms with van der Waals surface area (Å²) in [6.07, 6.45) is -2.95. The fraction of sp³-hybridized carbons (Fsp3) is 0.632. The van der Waals surface area contributed by atoms with Crippen LogP contribution in [0.15, 0.2) is 60.7 Å². The molecule has 11 nitrogen and oxygen atoms in total. The van der Waals surface area contributed by atoms with Gasteiger partial charge in [-0.25, -0.2) is 9.59 Å². The zero-order valence-corrected chi connectivity index (χ0v) is 28.7. The van der Waals surface area contributed by atoms with Crippen molar-refractivity contribution >= 4 is 11.9 Å². The summed E-state index contributed by atoms with van der Waals surface area (Å²) >= 11 is 0. The van der Waals surface area contributed by atoms with Crippen molar-refractivity contribution in [1.29, 1.82) is 0 Å². The molecule has 1 saturated heterocycles. The Hall–Kier alpha value is -2.90. The van der Waals surface area contributed by atoms with Crippen molar-refractivity contribution in [2.45, 2.75) is 67.0 Å². The third kappa shape index (κ3) is 4.03. The molecule has 14 atom stereocenters. The average molecular weight is 678 g/mol. The van der Waals surface area contributed by atoms with E-state index in [2.05, 4.69) is 11.9 Å². The van der Waals surface area contributed by atoms with Crippen molar-refractivity contribution in [2.24, 2.45) is 34.5 Å². The molecule has 1 unspecified atom stereocenters. The summed E-state index contributed by atoms with van der Waals surface area (Å²) in [5.41, 5.74) is -3.83. The van der Waals surface area contributed by atoms with Crippen LogP contribution in [-0.4, -0.2) is 123 Å². The Kier molecular flexibility index (Phi) is 7.85. The first-order chi connectivity index (χ1) is 23.6. The van der Waals surface area contributed by atoms with E-state index >= 15 is 0 Å². The maximum absolute atomic E-state index is 14.4. The van der Waals surface area contributed by atoms with Crippen molar-refractivity contribution in [1.82, 2.24) is 4.90 Å². The molecular formula is C38H47NO10. The van der Waals surface area contributed by atoms with Crippen LogP contribution in [0.3, 0.4) is 0 Å². The molecule has 0 amide bonds. The molecule has 5 aliphatic carbocycles. The Labute approximate surface area is 286 Å². The smallest absolute Gasteiger partial charge is 0.338 e. The molecule has 5 saturated carbocycles. The maximum atomic E-state index is 14.4. The molecule has 1 aliphatic heterocycles. The number of hydrogen-bond acceptors (Lipinski definition) is 11. The Bertz CT molecular complexity index is 1590. The lowest BCUT2D eigenvalue weighted by Crippen LogP contribution is -2.80. The van der Waals surface area contributed by atoms with Crippen LogP contribution in [0.2, 0.25) is 0 Å². The quantitative estimate of drug-likeness (QED) is 0.380. The lowest BCUT2D eigenvalue weighted by molar-refractivity contribution is -0.311. The topological polar surface area (TPSA) is 133 Å². The fourth-order valence-corrected chi connectivity index (χ4v) is 12.8. The summed E-state index contributed by atoms with van der Waals surface area (Å²) in [6.45, 7) is 1.19. The molecule has 2 aromatic rings. The van der Waals surface area contributed by atoms with E-state index in [1.165, 1.54) is 7.11 Å². The van der Waals surface area contributed by atoms with Gasteiger partial charge in [-0.3, -0.25) is 0 Å². The standard InChI is InChI=1S/C38H47NO10/c1-39-19-35(20-44-2)17-16-24(45-3)37-23-18-36(43)31(48-33(41)21-12-8-6-9-13-21)25(23)38(30(40)32(36)47-5,26(29(37)39)27(46-4)28(35)37)49-34(42)22-14-10-7-11-15-22/h6-15,23-32,40,43H,16-20H2,1-5H3/t23-,24+,25-,26+,27+,28-,29?,30+,31-,32+,35+,36-,37+,38-/m1/s1. The van der Waals surface area contributed by atoms with Gasteiger partial charge >= 0.3 is 11.9 Å². The first kappa shape index (κ1) is 33.3. The van der Waals surface area contributed by atoms with Gasteiger partial charge in [0.1, 0.15) is 23.9 Å². The normalized spacial score (nSPS) is 45.9. The Morgan fingerprint density at radius 2 is 1.53 bits per heavy atom. The highest BCUT2D eigenvalue weighted by atomic mass is 16.6. The molecule has 8 rings (SSSR count). The number of methoxy groups -OCH3 is 4. The number of aliphatic hydroxyl groups excluding tert-OH is 1. The molecule has 6 fully saturated rings. The second kappa shape index (κ2) is 11.6. The predicted molar refractivity (Wildman–Crippen MR) is 175 cm³/mol. The van der Waals surface area contributed by atoms with Gasteiger partial charge in [0.25, 0.3) is 0 Å². The average Bonchev–Trinajstić information content (AvgIpc) is 3.50. The number of benzene rings is 2. The van der Waals surface area contributed by atoms with E-state index in [4.69, 9.17) is 28.4 Å². The largest absolute Gasteiger partial charge is 0.455 e. The summed E-state index contributed by atoms with van der Waals surface area (Å²) in [5, 5.41) is 25.7. The molecule has 49 heavy (non-hydrogen) atoms. The third-order valence-electron chi connectivity index (χ3n) is 13.7. The summed E-state index contributed by atoms with van der Waals surface area (Å²) < 4.78 is 38.3. The van der Waals surface area contributed by atoms with E-state index in [-0.39, 0.29) is 29.9 Å². The van der Waals surface area contributed by atoms with Gasteiger partial charge in [-0.15, -0.1) is 0 Å². The monoisotopic (exact) mass is 677 g/mol. The molecule has 7 bridgehead atoms. The summed E-state index contributed by atoms with van der Waals surface area (Å²) in [6, 6.07) is 17.1. The van der Waals surface area contributed by atoms with Crippen LogP contribution < -0.4 is 0 Å². The first-order valence-corrected chi connectivity index (χ1v) is 17.3. The molecule has 0 aromatic heterocycles. The summed E-state index contributed by atoms with van der Waals surface area (Å²) in [7, 11) is 8.65. The van der Waals surface area contributed by atoms with Gasteiger partial charge in [0.05, 0.1) is 29.9 Å². The van der Waals surface area contributed by atoms with E-state index in [9.17, 15) is 19.8 Å². The highest BCUT2D eigenvalue weighted by Gasteiger charge is 2.91. The number of ether oxygens (including phenoxy) is 6. The molecule has 0 radical (unpaired) electrons. The molecule has 1 spiro atoms. The predicted octanol–water partition coefficient (Wildman–Crippen LogP) is 2.58. The number of esters is 2. The number of carbonyl (C=O) groups is 2. The SMILES string of the molecule is COC[C@@]12CC[C@H](OC)[C@]34C([C@H]([C@H](OC)[C@H]13)[C@]1(OC(=O)c3ccccc3)[C@H]3[C@@H](OC(=O)c5ccccc5)[C@](O)(C[C@H]34)[C@@H](OC)[C@@H]1O)N(C)C2. The molecule has 2 N–H and O–H groups in total. The number of piperidine rings is 1. The number of hydrogen-bond donors (Lipinski definition) is 2. The Morgan fingerprint density at radius 1 is 0.878 bits per heavy atom. The zero-order valence-electron chi connectivity index (χ0n) is 28.7. The van der Waals surface area contributed by atoms with E-state index in [1.807, 2.05) is 12.1 Å². The second-order valence-corrected chi connectivity index (χ2v) is 15.4. The van der Waals surface area contributed by atoms with Crippen LogP contribution in [0.25, 0.3) is 0 Å². The number of rotatable bonds is 9. The third-order valence-corrected chi connectivity index (χ3v) is 13.7. The lowest BCUT2D eigenvalue weighted by atomic mass is 9.43. The molecule has 1 heterocycles. The number of aliphatic hydroxyl groups is 2. The van der Waals surface area contributed by atoms with Crippen molar-refractivity contribution in [2.75, 3.05) is 48.6 Å². The minimum absolute atomic E-state index is 0.136. The van der Waals surface area contributed by atoms with Gasteiger partial charge in [0, 0.05) is 69.6 Å². The van der Waals surface area contributed by atoms with Crippen LogP contribution in [0, 0.1) is 34.5 Å². The minimum Gasteiger partial charge on any atom is -0.455 e. The van der Waals surface area contributed by atoms with Crippen LogP contribution in [-0.2, 0) is 28.4 Å². The highest BCUT2D eigenvalue weighted by Crippen LogP contribution is 2.80. The van der Waals surface area contributed by atoms with E-state index in [0.29, 0.717) is 24.3 Å². The van der Waals surface area contributed by atoms with Crippen LogP contribution in [0.1, 0.15) is 40.0 Å². The van der Waals surface area contributed by atoms with Crippen LogP contribution >= 0.6 is 0 Å². The molecule has 264 valence electrons. The summed E-state index contributed by atoms with van der Waals surface area (Å²) in [4.78, 5) is 30.6. The first-order valence-electron chi connectivity index (χ1n) is 17.3. The van der Waals surface area contributed by atoms with Gasteiger partial charge < -0.3 is 43.5 Å². The van der Waals surface area contributed by atoms with Crippen LogP contribution in [0.4, 0.5) is 0 Å². The fourth-order valence-electron chi connectivity index (χ4n) is 12.8. The molecule has 6 aliphatic rings. The van der Waals surface area contributed by atoms with Crippen molar-refractivity contribution < 1.29 is 48.2 Å². The highest BCUT2D eigenvalue weighted by molar-refractivity contribution is 5.90. The van der Waals surface area contributed by atoms with Crippen LogP contribution in [0.5, 0.6) is 0 Å². The van der Waals surface area contributed by atoms with Gasteiger partial charge in [0.15, 0.2) is 5.60 Å². The Morgan fingerprint density at radius 3 is 2.12 bits per heavy atom. The van der Waals surface area contributed by atoms with Crippen molar-refractivity contribution in [3.05, 3.63) is 71.8 Å². The van der Waals surface area contributed by atoms with Gasteiger partial charge in [-0.05, 0) is 56.5 Å². The van der Waals surface area contributed by atoms with E-state index in [1.54, 1.807) is 69.9 Å². The summed E-state index contributed by atoms with van der Waals surface area (Å²) in [5.74, 6) is -3.23. The minimum atomic E-state index is -1.80. The Balaban J connectivity index is 1.40. The van der Waals surface area contributed by atoms with Crippen molar-refractivity contribution in [3.63, 3.8) is 0 Å². The number of fused-ring (bicyclic) bond motifs is 2. The van der Waals surface area contributed by atoms with E-state index < -0.39 is 70.7 Å². The molecule has 2 aromatic carbocycles. The number of likely N-dealkylation sites (tertiary alicyclic amines) is 1. The molecule has 11 heteroatoms. The molecular weight excluding hydrogens is 630 g/mol. The second-order valence-electron chi connectivity index (χ2n) is 15.4. The zero-order chi connectivity index (χ0) is 34.5. The van der Waals surface area contributed by atoms with Gasteiger partial charge in [-0.1, -0.05) is 36.4 Å². The maximum Gasteiger partial charge on any atom is 0.338 e. The van der Waals surface area contributed by atoms with Gasteiger partial charge in [-0.2, -0.15) is 0 Å². The van der Waals surface area contributed by atoms with Gasteiger partial charge in [0.2, 0.25) is 0 Å². The number of carbonyl (C=O) groups excluding carboxylic acids is 2. The number of nitrogens with zero attached hydrogens (tertiary/aromatic N) is 1.